The minimum atomic E-state index is -1.26. The minimum absolute atomic E-state index is 0.00570. The van der Waals surface area contributed by atoms with E-state index < -0.39 is 17.9 Å². The van der Waals surface area contributed by atoms with Gasteiger partial charge in [0.15, 0.2) is 6.10 Å². The van der Waals surface area contributed by atoms with E-state index in [2.05, 4.69) is 5.32 Å². The maximum absolute atomic E-state index is 13.1. The molecule has 1 rings (SSSR count). The summed E-state index contributed by atoms with van der Waals surface area (Å²) in [6.07, 6.45) is -0.826. The number of carboxylic acid groups (broad SMARTS) is 1. The Morgan fingerprint density at radius 3 is 2.67 bits per heavy atom. The molecule has 0 saturated carbocycles. The van der Waals surface area contributed by atoms with E-state index in [1.54, 1.807) is 6.92 Å². The standard InChI is InChI=1S/C12H14FNO4/c1-3-14-11(15)7(2)18-10-5-8(12(16)17)4-9(13)6-10/h4-7H,3H2,1-2H3,(H,14,15)(H,16,17). The van der Waals surface area contributed by atoms with Crippen LogP contribution >= 0.6 is 0 Å². The summed E-state index contributed by atoms with van der Waals surface area (Å²) in [4.78, 5) is 22.1. The van der Waals surface area contributed by atoms with Crippen LogP contribution < -0.4 is 10.1 Å². The first-order chi connectivity index (χ1) is 8.43. The first kappa shape index (κ1) is 14.0. The number of nitrogens with one attached hydrogen (secondary N) is 1. The van der Waals surface area contributed by atoms with Crippen molar-refractivity contribution in [2.24, 2.45) is 0 Å². The molecule has 0 aromatic heterocycles. The number of carbonyl (C=O) groups is 2. The highest BCUT2D eigenvalue weighted by Crippen LogP contribution is 2.18. The van der Waals surface area contributed by atoms with Crippen LogP contribution in [0.3, 0.4) is 0 Å². The fourth-order valence-electron chi connectivity index (χ4n) is 1.33. The van der Waals surface area contributed by atoms with Crippen molar-refractivity contribution < 1.29 is 23.8 Å². The molecule has 1 amide bonds. The quantitative estimate of drug-likeness (QED) is 0.834. The Balaban J connectivity index is 2.84. The molecule has 98 valence electrons. The van der Waals surface area contributed by atoms with Gasteiger partial charge in [-0.05, 0) is 26.0 Å². The van der Waals surface area contributed by atoms with E-state index in [1.165, 1.54) is 13.0 Å². The lowest BCUT2D eigenvalue weighted by atomic mass is 10.2. The number of likely N-dealkylation sites (N-methyl/N-ethyl adjacent to an activating group) is 1. The number of amides is 1. The normalized spacial score (nSPS) is 11.7. The molecule has 1 atom stereocenters. The third-order valence-corrected chi connectivity index (χ3v) is 2.15. The van der Waals surface area contributed by atoms with E-state index in [4.69, 9.17) is 9.84 Å². The van der Waals surface area contributed by atoms with E-state index in [9.17, 15) is 14.0 Å². The third kappa shape index (κ3) is 3.73. The number of rotatable bonds is 5. The lowest BCUT2D eigenvalue weighted by molar-refractivity contribution is -0.127. The van der Waals surface area contributed by atoms with Crippen molar-refractivity contribution in [3.8, 4) is 5.75 Å². The highest BCUT2D eigenvalue weighted by atomic mass is 19.1. The Morgan fingerprint density at radius 1 is 1.44 bits per heavy atom. The molecule has 0 fully saturated rings. The Hall–Kier alpha value is -2.11. The minimum Gasteiger partial charge on any atom is -0.481 e. The van der Waals surface area contributed by atoms with Crippen molar-refractivity contribution in [3.63, 3.8) is 0 Å². The van der Waals surface area contributed by atoms with Crippen LogP contribution in [0.4, 0.5) is 4.39 Å². The van der Waals surface area contributed by atoms with Crippen molar-refractivity contribution in [1.29, 1.82) is 0 Å². The maximum atomic E-state index is 13.1. The molecule has 0 aliphatic heterocycles. The number of aromatic carboxylic acids is 1. The number of hydrogen-bond donors (Lipinski definition) is 2. The summed E-state index contributed by atoms with van der Waals surface area (Å²) in [5.74, 6) is -2.33. The SMILES string of the molecule is CCNC(=O)C(C)Oc1cc(F)cc(C(=O)O)c1. The predicted molar refractivity (Wildman–Crippen MR) is 62.1 cm³/mol. The zero-order valence-electron chi connectivity index (χ0n) is 10.1. The molecular weight excluding hydrogens is 241 g/mol. The van der Waals surface area contributed by atoms with Crippen LogP contribution in [0.2, 0.25) is 0 Å². The molecule has 2 N–H and O–H groups in total. The first-order valence-corrected chi connectivity index (χ1v) is 5.42. The summed E-state index contributed by atoms with van der Waals surface area (Å²) in [6, 6.07) is 3.08. The predicted octanol–water partition coefficient (Wildman–Crippen LogP) is 1.43. The Bertz CT molecular complexity index is 461. The van der Waals surface area contributed by atoms with Crippen LogP contribution in [-0.2, 0) is 4.79 Å². The van der Waals surface area contributed by atoms with Gasteiger partial charge in [0.25, 0.3) is 5.91 Å². The molecule has 0 aliphatic rings. The number of benzene rings is 1. The zero-order valence-corrected chi connectivity index (χ0v) is 10.1. The van der Waals surface area contributed by atoms with Gasteiger partial charge in [0.05, 0.1) is 5.56 Å². The average Bonchev–Trinajstić information content (AvgIpc) is 2.28. The molecule has 0 aliphatic carbocycles. The highest BCUT2D eigenvalue weighted by molar-refractivity contribution is 5.88. The molecule has 0 bridgehead atoms. The van der Waals surface area contributed by atoms with Crippen molar-refractivity contribution in [3.05, 3.63) is 29.6 Å². The van der Waals surface area contributed by atoms with Gasteiger partial charge in [-0.15, -0.1) is 0 Å². The van der Waals surface area contributed by atoms with Gasteiger partial charge in [0.2, 0.25) is 0 Å². The maximum Gasteiger partial charge on any atom is 0.335 e. The largest absolute Gasteiger partial charge is 0.481 e. The monoisotopic (exact) mass is 255 g/mol. The van der Waals surface area contributed by atoms with E-state index in [0.717, 1.165) is 12.1 Å². The van der Waals surface area contributed by atoms with Crippen LogP contribution in [-0.4, -0.2) is 29.6 Å². The van der Waals surface area contributed by atoms with Gasteiger partial charge >= 0.3 is 5.97 Å². The van der Waals surface area contributed by atoms with Crippen molar-refractivity contribution in [2.75, 3.05) is 6.54 Å². The van der Waals surface area contributed by atoms with E-state index >= 15 is 0 Å². The van der Waals surface area contributed by atoms with E-state index in [0.29, 0.717) is 6.54 Å². The van der Waals surface area contributed by atoms with Gasteiger partial charge in [-0.2, -0.15) is 0 Å². The van der Waals surface area contributed by atoms with E-state index in [-0.39, 0.29) is 17.2 Å². The molecule has 0 heterocycles. The number of carbonyl (C=O) groups excluding carboxylic acids is 1. The molecular formula is C12H14FNO4. The fraction of sp³-hybridized carbons (Fsp3) is 0.333. The molecule has 5 nitrogen and oxygen atoms in total. The fourth-order valence-corrected chi connectivity index (χ4v) is 1.33. The van der Waals surface area contributed by atoms with Gasteiger partial charge < -0.3 is 15.2 Å². The number of halogens is 1. The summed E-state index contributed by atoms with van der Waals surface area (Å²) in [6.45, 7) is 3.71. The lowest BCUT2D eigenvalue weighted by Crippen LogP contribution is -2.36. The molecule has 1 unspecified atom stereocenters. The van der Waals surface area contributed by atoms with Crippen molar-refractivity contribution >= 4 is 11.9 Å². The lowest BCUT2D eigenvalue weighted by Gasteiger charge is -2.14. The first-order valence-electron chi connectivity index (χ1n) is 5.42. The smallest absolute Gasteiger partial charge is 0.335 e. The molecule has 1 aromatic rings. The third-order valence-electron chi connectivity index (χ3n) is 2.15. The highest BCUT2D eigenvalue weighted by Gasteiger charge is 2.15. The van der Waals surface area contributed by atoms with Crippen molar-refractivity contribution in [1.82, 2.24) is 5.32 Å². The zero-order chi connectivity index (χ0) is 13.7. The Kier molecular flexibility index (Phi) is 4.65. The summed E-state index contributed by atoms with van der Waals surface area (Å²) in [7, 11) is 0. The molecule has 18 heavy (non-hydrogen) atoms. The Labute approximate surface area is 104 Å². The van der Waals surface area contributed by atoms with Crippen LogP contribution in [0.25, 0.3) is 0 Å². The molecule has 0 saturated heterocycles. The van der Waals surface area contributed by atoms with Crippen LogP contribution in [0.5, 0.6) is 5.75 Å². The number of ether oxygens (including phenoxy) is 1. The van der Waals surface area contributed by atoms with Crippen molar-refractivity contribution in [2.45, 2.75) is 20.0 Å². The Morgan fingerprint density at radius 2 is 2.11 bits per heavy atom. The second-order valence-corrected chi connectivity index (χ2v) is 3.64. The summed E-state index contributed by atoms with van der Waals surface area (Å²) in [5, 5.41) is 11.3. The number of carboxylic acids is 1. The van der Waals surface area contributed by atoms with Crippen LogP contribution in [0.1, 0.15) is 24.2 Å². The van der Waals surface area contributed by atoms with Gasteiger partial charge in [-0.3, -0.25) is 4.79 Å². The van der Waals surface area contributed by atoms with Gasteiger partial charge in [-0.25, -0.2) is 9.18 Å². The number of hydrogen-bond acceptors (Lipinski definition) is 3. The molecule has 0 radical (unpaired) electrons. The topological polar surface area (TPSA) is 75.6 Å². The molecule has 6 heteroatoms. The van der Waals surface area contributed by atoms with Gasteiger partial charge in [0, 0.05) is 12.6 Å². The summed E-state index contributed by atoms with van der Waals surface area (Å²) < 4.78 is 18.3. The molecule has 1 aromatic carbocycles. The summed E-state index contributed by atoms with van der Waals surface area (Å²) >= 11 is 0. The molecule has 0 spiro atoms. The van der Waals surface area contributed by atoms with Crippen LogP contribution in [0, 0.1) is 5.82 Å². The van der Waals surface area contributed by atoms with Gasteiger partial charge in [-0.1, -0.05) is 0 Å². The average molecular weight is 255 g/mol. The summed E-state index contributed by atoms with van der Waals surface area (Å²) in [5.41, 5.74) is -0.229. The second-order valence-electron chi connectivity index (χ2n) is 3.64. The van der Waals surface area contributed by atoms with Gasteiger partial charge in [0.1, 0.15) is 11.6 Å². The van der Waals surface area contributed by atoms with E-state index in [1.807, 2.05) is 0 Å². The second kappa shape index (κ2) is 6.00. The van der Waals surface area contributed by atoms with Crippen LogP contribution in [0.15, 0.2) is 18.2 Å².